The van der Waals surface area contributed by atoms with Crippen molar-refractivity contribution in [1.82, 2.24) is 15.4 Å². The summed E-state index contributed by atoms with van der Waals surface area (Å²) in [4.78, 5) is 20.6. The minimum Gasteiger partial charge on any atom is -0.454 e. The van der Waals surface area contributed by atoms with Crippen molar-refractivity contribution >= 4 is 23.4 Å². The fraction of sp³-hybridized carbons (Fsp3) is 0.294. The van der Waals surface area contributed by atoms with Gasteiger partial charge in [-0.05, 0) is 45.0 Å². The summed E-state index contributed by atoms with van der Waals surface area (Å²) >= 11 is 1.28. The van der Waals surface area contributed by atoms with Crippen LogP contribution in [0, 0.1) is 13.8 Å². The number of nitrogens with one attached hydrogen (secondary N) is 1. The van der Waals surface area contributed by atoms with Crippen LogP contribution in [0.3, 0.4) is 0 Å². The maximum absolute atomic E-state index is 12.0. The Morgan fingerprint density at radius 2 is 1.92 bits per heavy atom. The maximum Gasteiger partial charge on any atom is 0.250 e. The molecular weight excluding hydrogens is 340 g/mol. The van der Waals surface area contributed by atoms with Crippen LogP contribution in [0.4, 0.5) is 0 Å². The predicted octanol–water partition coefficient (Wildman–Crippen LogP) is 2.45. The first kappa shape index (κ1) is 17.2. The van der Waals surface area contributed by atoms with Crippen molar-refractivity contribution in [1.29, 1.82) is 0 Å². The third-order valence-electron chi connectivity index (χ3n) is 3.43. The number of fused-ring (bicyclic) bond motifs is 1. The highest BCUT2D eigenvalue weighted by Crippen LogP contribution is 2.32. The first-order chi connectivity index (χ1) is 12.0. The van der Waals surface area contributed by atoms with Crippen LogP contribution in [0.2, 0.25) is 0 Å². The van der Waals surface area contributed by atoms with E-state index < -0.39 is 0 Å². The van der Waals surface area contributed by atoms with Crippen LogP contribution in [0.1, 0.15) is 23.9 Å². The lowest BCUT2D eigenvalue weighted by atomic mass is 10.1. The monoisotopic (exact) mass is 358 g/mol. The largest absolute Gasteiger partial charge is 0.454 e. The van der Waals surface area contributed by atoms with Crippen molar-refractivity contribution in [3.05, 3.63) is 41.2 Å². The molecule has 1 aromatic carbocycles. The zero-order chi connectivity index (χ0) is 17.8. The smallest absolute Gasteiger partial charge is 0.250 e. The van der Waals surface area contributed by atoms with Gasteiger partial charge in [0.05, 0.1) is 11.5 Å². The summed E-state index contributed by atoms with van der Waals surface area (Å²) in [6.07, 6.45) is 0. The predicted molar refractivity (Wildman–Crippen MR) is 95.1 cm³/mol. The number of carbonyl (C=O) groups is 1. The Morgan fingerprint density at radius 3 is 2.68 bits per heavy atom. The fourth-order valence-corrected chi connectivity index (χ4v) is 2.99. The first-order valence-electron chi connectivity index (χ1n) is 7.69. The van der Waals surface area contributed by atoms with Crippen LogP contribution in [-0.4, -0.2) is 34.1 Å². The van der Waals surface area contributed by atoms with E-state index in [9.17, 15) is 4.79 Å². The number of benzene rings is 1. The fourth-order valence-electron chi connectivity index (χ4n) is 2.25. The lowest BCUT2D eigenvalue weighted by Crippen LogP contribution is -2.21. The van der Waals surface area contributed by atoms with E-state index in [1.165, 1.54) is 11.8 Å². The number of rotatable bonds is 5. The van der Waals surface area contributed by atoms with Crippen molar-refractivity contribution < 1.29 is 14.3 Å². The van der Waals surface area contributed by atoms with Gasteiger partial charge in [0.2, 0.25) is 6.79 Å². The Bertz CT molecular complexity index is 818. The molecule has 0 fully saturated rings. The Labute approximate surface area is 149 Å². The van der Waals surface area contributed by atoms with Crippen LogP contribution in [0.25, 0.3) is 0 Å². The molecule has 0 saturated carbocycles. The molecule has 0 spiro atoms. The van der Waals surface area contributed by atoms with E-state index in [4.69, 9.17) is 9.47 Å². The number of ether oxygens (including phenoxy) is 2. The molecule has 0 bridgehead atoms. The van der Waals surface area contributed by atoms with Gasteiger partial charge in [-0.3, -0.25) is 4.79 Å². The average molecular weight is 358 g/mol. The molecule has 1 aliphatic heterocycles. The summed E-state index contributed by atoms with van der Waals surface area (Å²) in [5, 5.41) is 4.72. The minimum atomic E-state index is -0.215. The highest BCUT2D eigenvalue weighted by atomic mass is 32.2. The molecule has 8 heteroatoms. The molecule has 25 heavy (non-hydrogen) atoms. The van der Waals surface area contributed by atoms with Gasteiger partial charge in [0.1, 0.15) is 0 Å². The number of hydrazone groups is 1. The van der Waals surface area contributed by atoms with Crippen LogP contribution in [-0.2, 0) is 4.79 Å². The second kappa shape index (κ2) is 7.52. The molecule has 130 valence electrons. The van der Waals surface area contributed by atoms with Crippen LogP contribution >= 0.6 is 11.8 Å². The summed E-state index contributed by atoms with van der Waals surface area (Å²) in [6.45, 7) is 5.84. The van der Waals surface area contributed by atoms with E-state index in [1.54, 1.807) is 0 Å². The number of aromatic nitrogens is 2. The average Bonchev–Trinajstić information content (AvgIpc) is 3.04. The lowest BCUT2D eigenvalue weighted by molar-refractivity contribution is -0.118. The molecule has 0 radical (unpaired) electrons. The molecule has 0 saturated heterocycles. The van der Waals surface area contributed by atoms with Gasteiger partial charge in [-0.15, -0.1) is 0 Å². The van der Waals surface area contributed by atoms with Crippen molar-refractivity contribution in [2.45, 2.75) is 25.9 Å². The molecule has 1 N–H and O–H groups in total. The lowest BCUT2D eigenvalue weighted by Gasteiger charge is -2.05. The molecule has 2 heterocycles. The molecule has 3 rings (SSSR count). The van der Waals surface area contributed by atoms with Gasteiger partial charge in [-0.2, -0.15) is 5.10 Å². The summed E-state index contributed by atoms with van der Waals surface area (Å²) < 4.78 is 10.6. The topological polar surface area (TPSA) is 85.7 Å². The highest BCUT2D eigenvalue weighted by Gasteiger charge is 2.14. The Morgan fingerprint density at radius 1 is 1.20 bits per heavy atom. The minimum absolute atomic E-state index is 0.195. The molecular formula is C17H18N4O3S. The summed E-state index contributed by atoms with van der Waals surface area (Å²) in [5.74, 6) is 1.38. The second-order valence-corrected chi connectivity index (χ2v) is 6.46. The Kier molecular flexibility index (Phi) is 5.18. The summed E-state index contributed by atoms with van der Waals surface area (Å²) in [5.41, 5.74) is 5.85. The molecule has 0 aliphatic carbocycles. The Hall–Kier alpha value is -2.61. The molecule has 1 amide bonds. The number of hydrogen-bond acceptors (Lipinski definition) is 7. The van der Waals surface area contributed by atoms with E-state index >= 15 is 0 Å². The van der Waals surface area contributed by atoms with E-state index in [0.717, 1.165) is 17.0 Å². The van der Waals surface area contributed by atoms with E-state index in [-0.39, 0.29) is 18.5 Å². The third kappa shape index (κ3) is 4.48. The number of thioether (sulfide) groups is 1. The van der Waals surface area contributed by atoms with Crippen molar-refractivity contribution in [3.63, 3.8) is 0 Å². The number of hydrogen-bond donors (Lipinski definition) is 1. The quantitative estimate of drug-likeness (QED) is 0.382. The molecule has 1 aromatic heterocycles. The van der Waals surface area contributed by atoms with Gasteiger partial charge >= 0.3 is 0 Å². The maximum atomic E-state index is 12.0. The zero-order valence-electron chi connectivity index (χ0n) is 14.2. The van der Waals surface area contributed by atoms with E-state index in [0.29, 0.717) is 22.4 Å². The van der Waals surface area contributed by atoms with Crippen molar-refractivity contribution in [3.8, 4) is 11.5 Å². The molecule has 7 nitrogen and oxygen atoms in total. The summed E-state index contributed by atoms with van der Waals surface area (Å²) in [6, 6.07) is 7.43. The summed E-state index contributed by atoms with van der Waals surface area (Å²) in [7, 11) is 0. The van der Waals surface area contributed by atoms with Crippen molar-refractivity contribution in [2.75, 3.05) is 12.5 Å². The standard InChI is InChI=1S/C17H18N4O3S/c1-10-6-11(2)19-17(18-10)25-8-16(22)21-20-12(3)13-4-5-14-15(7-13)24-9-23-14/h4-7H,8-9H2,1-3H3,(H,21,22)/b20-12+. The zero-order valence-corrected chi connectivity index (χ0v) is 15.0. The Balaban J connectivity index is 1.56. The van der Waals surface area contributed by atoms with Crippen LogP contribution < -0.4 is 14.9 Å². The molecule has 2 aromatic rings. The SMILES string of the molecule is C/C(=N\NC(=O)CSc1nc(C)cc(C)n1)c1ccc2c(c1)OCO2. The molecule has 0 unspecified atom stereocenters. The third-order valence-corrected chi connectivity index (χ3v) is 4.28. The molecule has 0 atom stereocenters. The first-order valence-corrected chi connectivity index (χ1v) is 8.68. The van der Waals surface area contributed by atoms with Crippen LogP contribution in [0.5, 0.6) is 11.5 Å². The van der Waals surface area contributed by atoms with Gasteiger partial charge in [0.15, 0.2) is 16.7 Å². The number of nitrogens with zero attached hydrogens (tertiary/aromatic N) is 3. The normalized spacial score (nSPS) is 13.0. The van der Waals surface area contributed by atoms with Gasteiger partial charge < -0.3 is 9.47 Å². The molecule has 1 aliphatic rings. The van der Waals surface area contributed by atoms with Gasteiger partial charge in [-0.1, -0.05) is 11.8 Å². The number of aryl methyl sites for hydroxylation is 2. The number of amides is 1. The van der Waals surface area contributed by atoms with Crippen molar-refractivity contribution in [2.24, 2.45) is 5.10 Å². The van der Waals surface area contributed by atoms with E-state index in [2.05, 4.69) is 20.5 Å². The number of carbonyl (C=O) groups excluding carboxylic acids is 1. The highest BCUT2D eigenvalue weighted by molar-refractivity contribution is 7.99. The van der Waals surface area contributed by atoms with Gasteiger partial charge in [0.25, 0.3) is 5.91 Å². The van der Waals surface area contributed by atoms with Gasteiger partial charge in [-0.25, -0.2) is 15.4 Å². The second-order valence-electron chi connectivity index (χ2n) is 5.52. The van der Waals surface area contributed by atoms with Gasteiger partial charge in [0, 0.05) is 17.0 Å². The van der Waals surface area contributed by atoms with E-state index in [1.807, 2.05) is 45.0 Å². The van der Waals surface area contributed by atoms with Crippen LogP contribution in [0.15, 0.2) is 34.5 Å².